The Kier molecular flexibility index (Phi) is 5.42. The van der Waals surface area contributed by atoms with Crippen molar-refractivity contribution in [2.24, 2.45) is 0 Å². The Balaban J connectivity index is 2.14. The van der Waals surface area contributed by atoms with Crippen LogP contribution in [0.4, 0.5) is 4.39 Å². The molecule has 0 fully saturated rings. The van der Waals surface area contributed by atoms with Gasteiger partial charge in [-0.3, -0.25) is 0 Å². The zero-order valence-electron chi connectivity index (χ0n) is 10.4. The molecule has 0 saturated heterocycles. The van der Waals surface area contributed by atoms with Crippen LogP contribution in [0.5, 0.6) is 0 Å². The molecule has 1 aromatic heterocycles. The van der Waals surface area contributed by atoms with Crippen LogP contribution in [0, 0.1) is 17.7 Å². The third kappa shape index (κ3) is 4.24. The summed E-state index contributed by atoms with van der Waals surface area (Å²) in [4.78, 5) is 4.18. The van der Waals surface area contributed by atoms with Crippen molar-refractivity contribution in [1.29, 1.82) is 0 Å². The molecule has 1 aromatic carbocycles. The molecule has 0 radical (unpaired) electrons. The number of halogens is 2. The number of nitrogens with zero attached hydrogens (tertiary/aromatic N) is 1. The molecule has 2 rings (SSSR count). The van der Waals surface area contributed by atoms with Crippen molar-refractivity contribution in [1.82, 2.24) is 4.98 Å². The minimum Gasteiger partial charge on any atom is -0.384 e. The molecule has 2 nitrogen and oxygen atoms in total. The van der Waals surface area contributed by atoms with Crippen molar-refractivity contribution in [3.8, 4) is 11.8 Å². The van der Waals surface area contributed by atoms with Gasteiger partial charge in [-0.2, -0.15) is 0 Å². The van der Waals surface area contributed by atoms with E-state index in [2.05, 4.69) is 16.8 Å². The van der Waals surface area contributed by atoms with Gasteiger partial charge in [-0.25, -0.2) is 9.37 Å². The van der Waals surface area contributed by atoms with Gasteiger partial charge in [-0.15, -0.1) is 11.8 Å². The summed E-state index contributed by atoms with van der Waals surface area (Å²) in [6.45, 7) is -0.248. The Morgan fingerprint density at radius 1 is 1.30 bits per heavy atom. The van der Waals surface area contributed by atoms with E-state index in [4.69, 9.17) is 16.7 Å². The molecular weight excluding hydrogens is 297 g/mol. The van der Waals surface area contributed by atoms with Crippen LogP contribution in [-0.2, 0) is 5.75 Å². The third-order valence-corrected chi connectivity index (χ3v) is 3.67. The molecule has 1 N–H and O–H groups in total. The van der Waals surface area contributed by atoms with Crippen molar-refractivity contribution in [3.63, 3.8) is 0 Å². The molecule has 0 atom stereocenters. The third-order valence-electron chi connectivity index (χ3n) is 2.45. The summed E-state index contributed by atoms with van der Waals surface area (Å²) in [7, 11) is 0. The van der Waals surface area contributed by atoms with Gasteiger partial charge in [-0.05, 0) is 29.8 Å². The highest BCUT2D eigenvalue weighted by molar-refractivity contribution is 7.98. The van der Waals surface area contributed by atoms with E-state index < -0.39 is 0 Å². The largest absolute Gasteiger partial charge is 0.384 e. The molecule has 0 aliphatic rings. The maximum Gasteiger partial charge on any atom is 0.124 e. The summed E-state index contributed by atoms with van der Waals surface area (Å²) in [6.07, 6.45) is 1.58. The first-order valence-corrected chi connectivity index (χ1v) is 7.18. The summed E-state index contributed by atoms with van der Waals surface area (Å²) >= 11 is 7.29. The van der Waals surface area contributed by atoms with Gasteiger partial charge in [-0.1, -0.05) is 29.5 Å². The smallest absolute Gasteiger partial charge is 0.124 e. The number of aliphatic hydroxyl groups is 1. The number of hydrogen-bond acceptors (Lipinski definition) is 3. The lowest BCUT2D eigenvalue weighted by molar-refractivity contribution is 0.350. The van der Waals surface area contributed by atoms with Crippen molar-refractivity contribution in [3.05, 3.63) is 58.5 Å². The Bertz CT molecular complexity index is 649. The topological polar surface area (TPSA) is 33.1 Å². The Morgan fingerprint density at radius 2 is 2.15 bits per heavy atom. The van der Waals surface area contributed by atoms with Crippen LogP contribution in [0.15, 0.2) is 41.6 Å². The molecule has 0 saturated carbocycles. The highest BCUT2D eigenvalue weighted by Crippen LogP contribution is 2.24. The fourth-order valence-electron chi connectivity index (χ4n) is 1.52. The molecule has 2 aromatic rings. The molecule has 0 unspecified atom stereocenters. The van der Waals surface area contributed by atoms with Gasteiger partial charge in [0.2, 0.25) is 0 Å². The molecule has 1 heterocycles. The second-order valence-electron chi connectivity index (χ2n) is 3.86. The van der Waals surface area contributed by atoms with Gasteiger partial charge in [0, 0.05) is 17.5 Å². The molecule has 20 heavy (non-hydrogen) atoms. The predicted octanol–water partition coefficient (Wildman–Crippen LogP) is 3.51. The number of aliphatic hydroxyl groups excluding tert-OH is 1. The van der Waals surface area contributed by atoms with E-state index in [0.717, 1.165) is 10.6 Å². The average molecular weight is 308 g/mol. The second-order valence-corrected chi connectivity index (χ2v) is 5.30. The lowest BCUT2D eigenvalue weighted by Crippen LogP contribution is -1.91. The SMILES string of the molecule is OCC#Cc1cc(F)ccc1CSc1ccc(Cl)cn1. The molecular formula is C15H11ClFNOS. The van der Waals surface area contributed by atoms with Crippen LogP contribution in [0.2, 0.25) is 5.02 Å². The van der Waals surface area contributed by atoms with E-state index in [1.165, 1.54) is 23.9 Å². The van der Waals surface area contributed by atoms with Gasteiger partial charge in [0.05, 0.1) is 10.0 Å². The Labute approximate surface area is 126 Å². The predicted molar refractivity (Wildman–Crippen MR) is 79.2 cm³/mol. The number of pyridine rings is 1. The Morgan fingerprint density at radius 3 is 2.85 bits per heavy atom. The number of rotatable bonds is 3. The lowest BCUT2D eigenvalue weighted by Gasteiger charge is -2.05. The molecule has 102 valence electrons. The van der Waals surface area contributed by atoms with Crippen LogP contribution in [-0.4, -0.2) is 16.7 Å². The average Bonchev–Trinajstić information content (AvgIpc) is 2.46. The van der Waals surface area contributed by atoms with E-state index in [-0.39, 0.29) is 12.4 Å². The van der Waals surface area contributed by atoms with Crippen LogP contribution in [0.1, 0.15) is 11.1 Å². The van der Waals surface area contributed by atoms with E-state index in [1.807, 2.05) is 6.07 Å². The Hall–Kier alpha value is -1.54. The van der Waals surface area contributed by atoms with Gasteiger partial charge < -0.3 is 5.11 Å². The quantitative estimate of drug-likeness (QED) is 0.696. The maximum atomic E-state index is 13.2. The summed E-state index contributed by atoms with van der Waals surface area (Å²) in [6, 6.07) is 8.06. The molecule has 5 heteroatoms. The van der Waals surface area contributed by atoms with Crippen molar-refractivity contribution < 1.29 is 9.50 Å². The summed E-state index contributed by atoms with van der Waals surface area (Å²) in [5, 5.41) is 10.1. The number of benzene rings is 1. The fourth-order valence-corrected chi connectivity index (χ4v) is 2.48. The number of hydrogen-bond donors (Lipinski definition) is 1. The standard InChI is InChI=1S/C15H11ClFNOS/c16-13-4-6-15(18-9-13)20-10-12-3-5-14(17)8-11(12)2-1-7-19/h3-6,8-9,19H,7,10H2. The minimum absolute atomic E-state index is 0.248. The van der Waals surface area contributed by atoms with E-state index in [0.29, 0.717) is 16.3 Å². The first-order valence-electron chi connectivity index (χ1n) is 5.81. The molecule has 0 aliphatic carbocycles. The highest BCUT2D eigenvalue weighted by Gasteiger charge is 2.04. The van der Waals surface area contributed by atoms with E-state index in [9.17, 15) is 4.39 Å². The summed E-state index contributed by atoms with van der Waals surface area (Å²) in [5.74, 6) is 5.56. The van der Waals surface area contributed by atoms with Crippen LogP contribution in [0.25, 0.3) is 0 Å². The van der Waals surface area contributed by atoms with Gasteiger partial charge in [0.25, 0.3) is 0 Å². The number of thioether (sulfide) groups is 1. The normalized spacial score (nSPS) is 9.95. The van der Waals surface area contributed by atoms with Crippen molar-refractivity contribution in [2.75, 3.05) is 6.61 Å². The van der Waals surface area contributed by atoms with Gasteiger partial charge in [0.15, 0.2) is 0 Å². The zero-order valence-corrected chi connectivity index (χ0v) is 12.0. The second kappa shape index (κ2) is 7.30. The maximum absolute atomic E-state index is 13.2. The van der Waals surface area contributed by atoms with Crippen LogP contribution in [0.3, 0.4) is 0 Å². The zero-order chi connectivity index (χ0) is 14.4. The summed E-state index contributed by atoms with van der Waals surface area (Å²) in [5.41, 5.74) is 1.48. The van der Waals surface area contributed by atoms with Crippen LogP contribution >= 0.6 is 23.4 Å². The molecule has 0 bridgehead atoms. The fraction of sp³-hybridized carbons (Fsp3) is 0.133. The highest BCUT2D eigenvalue weighted by atomic mass is 35.5. The monoisotopic (exact) mass is 307 g/mol. The number of aromatic nitrogens is 1. The van der Waals surface area contributed by atoms with E-state index >= 15 is 0 Å². The lowest BCUT2D eigenvalue weighted by atomic mass is 10.1. The van der Waals surface area contributed by atoms with Crippen molar-refractivity contribution in [2.45, 2.75) is 10.8 Å². The van der Waals surface area contributed by atoms with Crippen LogP contribution < -0.4 is 0 Å². The van der Waals surface area contributed by atoms with Gasteiger partial charge >= 0.3 is 0 Å². The summed E-state index contributed by atoms with van der Waals surface area (Å²) < 4.78 is 13.2. The molecule has 0 amide bonds. The molecule has 0 spiro atoms. The van der Waals surface area contributed by atoms with E-state index in [1.54, 1.807) is 18.3 Å². The first kappa shape index (κ1) is 14.9. The van der Waals surface area contributed by atoms with Crippen molar-refractivity contribution >= 4 is 23.4 Å². The molecule has 0 aliphatic heterocycles. The van der Waals surface area contributed by atoms with Gasteiger partial charge in [0.1, 0.15) is 12.4 Å². The minimum atomic E-state index is -0.342. The first-order chi connectivity index (χ1) is 9.69.